The third-order valence-electron chi connectivity index (χ3n) is 3.21. The molecule has 0 saturated carbocycles. The summed E-state index contributed by atoms with van der Waals surface area (Å²) in [6, 6.07) is 2.78. The van der Waals surface area contributed by atoms with Gasteiger partial charge in [0, 0.05) is 13.1 Å². The molecule has 0 atom stereocenters. The van der Waals surface area contributed by atoms with Crippen LogP contribution in [-0.4, -0.2) is 15.2 Å². The third-order valence-corrected chi connectivity index (χ3v) is 3.77. The number of alkyl halides is 3. The van der Waals surface area contributed by atoms with E-state index in [1.165, 1.54) is 12.1 Å². The Morgan fingerprint density at radius 1 is 1.08 bits per heavy atom. The Hall–Kier alpha value is -1.93. The van der Waals surface area contributed by atoms with E-state index in [2.05, 4.69) is 0 Å². The van der Waals surface area contributed by atoms with Crippen LogP contribution in [0.1, 0.15) is 19.5 Å². The van der Waals surface area contributed by atoms with Gasteiger partial charge in [-0.05, 0) is 26.0 Å². The summed E-state index contributed by atoms with van der Waals surface area (Å²) in [6.45, 7) is 3.49. The number of rotatable bonds is 3. The lowest BCUT2D eigenvalue weighted by molar-refractivity contribution is -0.144. The molecule has 0 fully saturated rings. The standard InChI is InChI=1S/C15H13Cl2F3N2O3/c1-7(2)25-13-9(16)4-8(5-10(13)17)22-12(23)6-11(15(18,19)20)21(3)14(22)24/h4-7H,1-3H3. The van der Waals surface area contributed by atoms with Crippen molar-refractivity contribution in [3.05, 3.63) is 54.8 Å². The van der Waals surface area contributed by atoms with Crippen LogP contribution in [-0.2, 0) is 13.2 Å². The molecule has 0 unspecified atom stereocenters. The van der Waals surface area contributed by atoms with Gasteiger partial charge in [-0.15, -0.1) is 0 Å². The molecule has 0 radical (unpaired) electrons. The van der Waals surface area contributed by atoms with E-state index in [1.807, 2.05) is 0 Å². The number of ether oxygens (including phenoxy) is 1. The largest absolute Gasteiger partial charge is 0.488 e. The molecule has 0 bridgehead atoms. The SMILES string of the molecule is CC(C)Oc1c(Cl)cc(-n2c(=O)cc(C(F)(F)F)n(C)c2=O)cc1Cl. The fraction of sp³-hybridized carbons (Fsp3) is 0.333. The first-order valence-electron chi connectivity index (χ1n) is 6.99. The van der Waals surface area contributed by atoms with Gasteiger partial charge in [0.05, 0.1) is 21.8 Å². The van der Waals surface area contributed by atoms with Gasteiger partial charge in [0.2, 0.25) is 0 Å². The lowest BCUT2D eigenvalue weighted by Crippen LogP contribution is -2.40. The minimum atomic E-state index is -4.84. The molecule has 0 spiro atoms. The van der Waals surface area contributed by atoms with E-state index in [9.17, 15) is 22.8 Å². The summed E-state index contributed by atoms with van der Waals surface area (Å²) in [7, 11) is 0.917. The predicted octanol–water partition coefficient (Wildman–Crippen LogP) is 3.65. The first kappa shape index (κ1) is 19.4. The van der Waals surface area contributed by atoms with Crippen LogP contribution in [0, 0.1) is 0 Å². The molecule has 25 heavy (non-hydrogen) atoms. The molecular weight excluding hydrogens is 384 g/mol. The number of hydrogen-bond donors (Lipinski definition) is 0. The highest BCUT2D eigenvalue weighted by Gasteiger charge is 2.35. The van der Waals surface area contributed by atoms with E-state index >= 15 is 0 Å². The van der Waals surface area contributed by atoms with E-state index in [4.69, 9.17) is 27.9 Å². The molecule has 1 aromatic heterocycles. The zero-order chi connectivity index (χ0) is 19.1. The van der Waals surface area contributed by atoms with Gasteiger partial charge in [0.1, 0.15) is 5.69 Å². The highest BCUT2D eigenvalue weighted by molar-refractivity contribution is 6.37. The highest BCUT2D eigenvalue weighted by atomic mass is 35.5. The van der Waals surface area contributed by atoms with Crippen molar-refractivity contribution in [3.63, 3.8) is 0 Å². The van der Waals surface area contributed by atoms with Gasteiger partial charge in [0.15, 0.2) is 5.75 Å². The zero-order valence-corrected chi connectivity index (χ0v) is 14.8. The Balaban J connectivity index is 2.71. The average molecular weight is 397 g/mol. The quantitative estimate of drug-likeness (QED) is 0.795. The van der Waals surface area contributed by atoms with Gasteiger partial charge < -0.3 is 4.74 Å². The van der Waals surface area contributed by atoms with Gasteiger partial charge >= 0.3 is 11.9 Å². The minimum Gasteiger partial charge on any atom is -0.488 e. The maximum absolute atomic E-state index is 12.9. The number of halogens is 5. The Morgan fingerprint density at radius 2 is 1.60 bits per heavy atom. The number of aromatic nitrogens is 2. The Kier molecular flexibility index (Phi) is 5.24. The second-order valence-electron chi connectivity index (χ2n) is 5.45. The fourth-order valence-electron chi connectivity index (χ4n) is 2.16. The lowest BCUT2D eigenvalue weighted by atomic mass is 10.2. The smallest absolute Gasteiger partial charge is 0.431 e. The van der Waals surface area contributed by atoms with E-state index < -0.39 is 23.1 Å². The van der Waals surface area contributed by atoms with E-state index in [1.54, 1.807) is 13.8 Å². The van der Waals surface area contributed by atoms with Gasteiger partial charge in [-0.2, -0.15) is 13.2 Å². The van der Waals surface area contributed by atoms with Crippen LogP contribution in [0.3, 0.4) is 0 Å². The molecule has 1 aromatic carbocycles. The third kappa shape index (κ3) is 3.85. The zero-order valence-electron chi connectivity index (χ0n) is 13.3. The van der Waals surface area contributed by atoms with Gasteiger partial charge in [-0.25, -0.2) is 9.36 Å². The average Bonchev–Trinajstić information content (AvgIpc) is 2.45. The first-order chi connectivity index (χ1) is 11.4. The first-order valence-corrected chi connectivity index (χ1v) is 7.75. The van der Waals surface area contributed by atoms with Gasteiger partial charge in [-0.3, -0.25) is 9.36 Å². The van der Waals surface area contributed by atoms with Crippen molar-refractivity contribution in [3.8, 4) is 11.4 Å². The van der Waals surface area contributed by atoms with E-state index in [-0.39, 0.29) is 27.6 Å². The van der Waals surface area contributed by atoms with Crippen molar-refractivity contribution in [2.24, 2.45) is 7.05 Å². The van der Waals surface area contributed by atoms with Gasteiger partial charge in [-0.1, -0.05) is 23.2 Å². The van der Waals surface area contributed by atoms with Crippen molar-refractivity contribution in [2.45, 2.75) is 26.1 Å². The van der Waals surface area contributed by atoms with E-state index in [0.717, 1.165) is 7.05 Å². The second kappa shape index (κ2) is 6.76. The molecule has 0 aliphatic carbocycles. The summed E-state index contributed by atoms with van der Waals surface area (Å²) >= 11 is 12.1. The van der Waals surface area contributed by atoms with Crippen molar-refractivity contribution >= 4 is 23.2 Å². The normalized spacial score (nSPS) is 11.9. The van der Waals surface area contributed by atoms with Crippen LogP contribution < -0.4 is 16.0 Å². The number of nitrogens with zero attached hydrogens (tertiary/aromatic N) is 2. The Morgan fingerprint density at radius 3 is 2.04 bits per heavy atom. The summed E-state index contributed by atoms with van der Waals surface area (Å²) in [6.07, 6.45) is -5.07. The van der Waals surface area contributed by atoms with Gasteiger partial charge in [0.25, 0.3) is 5.56 Å². The molecule has 2 rings (SSSR count). The Bertz CT molecular complexity index is 910. The van der Waals surface area contributed by atoms with Crippen LogP contribution in [0.15, 0.2) is 27.8 Å². The van der Waals surface area contributed by atoms with Crippen LogP contribution in [0.5, 0.6) is 5.75 Å². The van der Waals surface area contributed by atoms with Crippen LogP contribution in [0.4, 0.5) is 13.2 Å². The molecule has 0 aliphatic rings. The molecule has 136 valence electrons. The minimum absolute atomic E-state index is 0.0186. The maximum atomic E-state index is 12.9. The molecule has 2 aromatic rings. The predicted molar refractivity (Wildman–Crippen MR) is 88.1 cm³/mol. The monoisotopic (exact) mass is 396 g/mol. The summed E-state index contributed by atoms with van der Waals surface area (Å²) in [4.78, 5) is 24.3. The van der Waals surface area contributed by atoms with Crippen molar-refractivity contribution in [1.29, 1.82) is 0 Å². The summed E-state index contributed by atoms with van der Waals surface area (Å²) < 4.78 is 45.0. The van der Waals surface area contributed by atoms with Crippen molar-refractivity contribution in [2.75, 3.05) is 0 Å². The molecule has 10 heteroatoms. The van der Waals surface area contributed by atoms with Crippen LogP contribution in [0.2, 0.25) is 10.0 Å². The molecular formula is C15H13Cl2F3N2O3. The van der Waals surface area contributed by atoms with Crippen molar-refractivity contribution in [1.82, 2.24) is 9.13 Å². The number of benzene rings is 1. The van der Waals surface area contributed by atoms with E-state index in [0.29, 0.717) is 15.2 Å². The summed E-state index contributed by atoms with van der Waals surface area (Å²) in [5.41, 5.74) is -3.74. The summed E-state index contributed by atoms with van der Waals surface area (Å²) in [5, 5.41) is 0.0371. The van der Waals surface area contributed by atoms with Crippen LogP contribution in [0.25, 0.3) is 5.69 Å². The Labute approximate surface area is 150 Å². The number of hydrogen-bond acceptors (Lipinski definition) is 3. The molecule has 0 amide bonds. The molecule has 1 heterocycles. The summed E-state index contributed by atoms with van der Waals surface area (Å²) in [5.74, 6) is 0.152. The van der Waals surface area contributed by atoms with Crippen LogP contribution >= 0.6 is 23.2 Å². The highest BCUT2D eigenvalue weighted by Crippen LogP contribution is 2.35. The molecule has 5 nitrogen and oxygen atoms in total. The maximum Gasteiger partial charge on any atom is 0.431 e. The molecule has 0 saturated heterocycles. The van der Waals surface area contributed by atoms with Crippen molar-refractivity contribution < 1.29 is 17.9 Å². The fourth-order valence-corrected chi connectivity index (χ4v) is 2.72. The molecule has 0 N–H and O–H groups in total. The lowest BCUT2D eigenvalue weighted by Gasteiger charge is -2.16. The second-order valence-corrected chi connectivity index (χ2v) is 6.26. The molecule has 0 aliphatic heterocycles. The topological polar surface area (TPSA) is 53.2 Å².